The van der Waals surface area contributed by atoms with Gasteiger partial charge in [0.25, 0.3) is 11.8 Å². The Balaban J connectivity index is 1.73. The number of hydrogen-bond acceptors (Lipinski definition) is 6. The quantitative estimate of drug-likeness (QED) is 0.597. The molecule has 0 radical (unpaired) electrons. The highest BCUT2D eigenvalue weighted by Gasteiger charge is 2.34. The van der Waals surface area contributed by atoms with Crippen LogP contribution in [-0.4, -0.2) is 54.6 Å². The van der Waals surface area contributed by atoms with Gasteiger partial charge in [-0.25, -0.2) is 9.18 Å². The Hall–Kier alpha value is -3.72. The van der Waals surface area contributed by atoms with E-state index in [1.54, 1.807) is 24.3 Å². The van der Waals surface area contributed by atoms with Gasteiger partial charge in [-0.2, -0.15) is 0 Å². The highest BCUT2D eigenvalue weighted by Crippen LogP contribution is 2.23. The number of aliphatic hydroxyl groups is 1. The molecule has 2 amide bonds. The van der Waals surface area contributed by atoms with Gasteiger partial charge in [0.15, 0.2) is 0 Å². The smallest absolute Gasteiger partial charge is 0.337 e. The average molecular weight is 413 g/mol. The number of amides is 2. The monoisotopic (exact) mass is 413 g/mol. The molecule has 3 N–H and O–H groups in total. The van der Waals surface area contributed by atoms with Crippen molar-refractivity contribution in [1.29, 1.82) is 0 Å². The number of β-amino-alcohol motifs (C(OH)–C–C–N with tert-alkyl or cyclic N) is 1. The number of hydrogen-bond donors (Lipinski definition) is 3. The van der Waals surface area contributed by atoms with E-state index in [2.05, 4.69) is 10.6 Å². The van der Waals surface area contributed by atoms with E-state index < -0.39 is 17.7 Å². The van der Waals surface area contributed by atoms with Crippen LogP contribution in [0, 0.1) is 5.82 Å². The fourth-order valence-electron chi connectivity index (χ4n) is 2.93. The predicted molar refractivity (Wildman–Crippen MR) is 107 cm³/mol. The fraction of sp³-hybridized carbons (Fsp3) is 0.190. The summed E-state index contributed by atoms with van der Waals surface area (Å²) in [7, 11) is 1.22. The van der Waals surface area contributed by atoms with Crippen LogP contribution in [0.1, 0.15) is 10.4 Å². The number of halogens is 1. The van der Waals surface area contributed by atoms with Gasteiger partial charge in [0, 0.05) is 23.5 Å². The van der Waals surface area contributed by atoms with Gasteiger partial charge in [-0.15, -0.1) is 0 Å². The van der Waals surface area contributed by atoms with Crippen molar-refractivity contribution in [3.8, 4) is 0 Å². The molecule has 2 aromatic rings. The van der Waals surface area contributed by atoms with Crippen molar-refractivity contribution in [2.75, 3.05) is 37.4 Å². The summed E-state index contributed by atoms with van der Waals surface area (Å²) in [5.41, 5.74) is 1.53. The maximum absolute atomic E-state index is 13.0. The molecule has 1 aliphatic rings. The molecule has 0 fully saturated rings. The second-order valence-corrected chi connectivity index (χ2v) is 6.46. The maximum atomic E-state index is 13.0. The lowest BCUT2D eigenvalue weighted by Crippen LogP contribution is -2.31. The van der Waals surface area contributed by atoms with Crippen molar-refractivity contribution in [2.45, 2.75) is 0 Å². The zero-order valence-electron chi connectivity index (χ0n) is 16.1. The number of anilines is 2. The van der Waals surface area contributed by atoms with Crippen LogP contribution in [0.25, 0.3) is 0 Å². The molecular formula is C21H20FN3O5. The molecule has 1 heterocycles. The van der Waals surface area contributed by atoms with E-state index >= 15 is 0 Å². The Kier molecular flexibility index (Phi) is 6.43. The van der Waals surface area contributed by atoms with Crippen molar-refractivity contribution < 1.29 is 28.6 Å². The van der Waals surface area contributed by atoms with Crippen molar-refractivity contribution in [3.05, 3.63) is 71.2 Å². The molecule has 0 aliphatic carbocycles. The molecule has 0 saturated heterocycles. The molecule has 0 saturated carbocycles. The first-order valence-electron chi connectivity index (χ1n) is 9.08. The molecule has 2 aromatic carbocycles. The number of nitrogens with zero attached hydrogens (tertiary/aromatic N) is 1. The summed E-state index contributed by atoms with van der Waals surface area (Å²) in [6.07, 6.45) is 0. The van der Waals surface area contributed by atoms with E-state index in [4.69, 9.17) is 9.84 Å². The molecule has 0 unspecified atom stereocenters. The van der Waals surface area contributed by atoms with Crippen LogP contribution in [0.2, 0.25) is 0 Å². The van der Waals surface area contributed by atoms with Gasteiger partial charge in [-0.3, -0.25) is 9.59 Å². The lowest BCUT2D eigenvalue weighted by Gasteiger charge is -2.15. The molecule has 0 spiro atoms. The number of carbonyl (C=O) groups excluding carboxylic acids is 3. The Morgan fingerprint density at radius 2 is 1.73 bits per heavy atom. The minimum Gasteiger partial charge on any atom is -0.466 e. The van der Waals surface area contributed by atoms with Crippen LogP contribution in [0.5, 0.6) is 0 Å². The van der Waals surface area contributed by atoms with E-state index in [0.717, 1.165) is 0 Å². The van der Waals surface area contributed by atoms with Crippen molar-refractivity contribution in [3.63, 3.8) is 0 Å². The Morgan fingerprint density at radius 3 is 2.33 bits per heavy atom. The number of nitrogens with one attached hydrogen (secondary N) is 2. The molecule has 8 nitrogen and oxygen atoms in total. The molecule has 0 atom stereocenters. The number of rotatable bonds is 7. The first kappa shape index (κ1) is 21.0. The predicted octanol–water partition coefficient (Wildman–Crippen LogP) is 1.75. The molecule has 0 aromatic heterocycles. The van der Waals surface area contributed by atoms with Crippen LogP contribution >= 0.6 is 0 Å². The number of aliphatic hydroxyl groups excluding tert-OH is 1. The number of benzene rings is 2. The number of esters is 1. The van der Waals surface area contributed by atoms with E-state index in [-0.39, 0.29) is 36.9 Å². The van der Waals surface area contributed by atoms with Crippen molar-refractivity contribution >= 4 is 29.2 Å². The van der Waals surface area contributed by atoms with Crippen LogP contribution in [0.4, 0.5) is 15.8 Å². The largest absolute Gasteiger partial charge is 0.466 e. The maximum Gasteiger partial charge on any atom is 0.337 e. The minimum absolute atomic E-state index is 0.0343. The first-order valence-corrected chi connectivity index (χ1v) is 9.08. The highest BCUT2D eigenvalue weighted by molar-refractivity contribution is 6.09. The van der Waals surface area contributed by atoms with Gasteiger partial charge < -0.3 is 25.4 Å². The van der Waals surface area contributed by atoms with E-state index in [1.807, 2.05) is 0 Å². The minimum atomic E-state index is -0.637. The second-order valence-electron chi connectivity index (χ2n) is 6.46. The Bertz CT molecular complexity index is 987. The third kappa shape index (κ3) is 4.64. The summed E-state index contributed by atoms with van der Waals surface area (Å²) in [6, 6.07) is 11.7. The van der Waals surface area contributed by atoms with Gasteiger partial charge >= 0.3 is 5.97 Å². The lowest BCUT2D eigenvalue weighted by molar-refractivity contribution is -0.136. The number of carbonyl (C=O) groups is 3. The standard InChI is InChI=1S/C21H20FN3O5/c1-30-21(29)17-12-25(10-11-26)20(28)18(17)23-15-6-2-13(3-7-15)19(27)24-16-8-4-14(22)5-9-16/h2-9,23,26H,10-12H2,1H3,(H,24,27). The zero-order chi connectivity index (χ0) is 21.7. The van der Waals surface area contributed by atoms with Crippen LogP contribution in [0.15, 0.2) is 59.8 Å². The average Bonchev–Trinajstić information content (AvgIpc) is 3.05. The third-order valence-corrected chi connectivity index (χ3v) is 4.47. The van der Waals surface area contributed by atoms with E-state index in [1.165, 1.54) is 36.3 Å². The summed E-state index contributed by atoms with van der Waals surface area (Å²) in [6.45, 7) is -0.106. The summed E-state index contributed by atoms with van der Waals surface area (Å²) in [5.74, 6) is -1.85. The Morgan fingerprint density at radius 1 is 1.10 bits per heavy atom. The van der Waals surface area contributed by atoms with Gasteiger partial charge in [-0.1, -0.05) is 0 Å². The molecule has 9 heteroatoms. The molecular weight excluding hydrogens is 393 g/mol. The number of ether oxygens (including phenoxy) is 1. The van der Waals surface area contributed by atoms with Crippen LogP contribution in [-0.2, 0) is 14.3 Å². The van der Waals surface area contributed by atoms with Gasteiger partial charge in [-0.05, 0) is 48.5 Å². The van der Waals surface area contributed by atoms with Crippen molar-refractivity contribution in [2.24, 2.45) is 0 Å². The number of methoxy groups -OCH3 is 1. The van der Waals surface area contributed by atoms with Crippen molar-refractivity contribution in [1.82, 2.24) is 4.90 Å². The molecule has 0 bridgehead atoms. The Labute approximate surface area is 171 Å². The van der Waals surface area contributed by atoms with Crippen LogP contribution in [0.3, 0.4) is 0 Å². The van der Waals surface area contributed by atoms with Gasteiger partial charge in [0.05, 0.1) is 25.8 Å². The normalized spacial score (nSPS) is 13.4. The zero-order valence-corrected chi connectivity index (χ0v) is 16.1. The summed E-state index contributed by atoms with van der Waals surface area (Å²) < 4.78 is 17.7. The summed E-state index contributed by atoms with van der Waals surface area (Å²) >= 11 is 0. The lowest BCUT2D eigenvalue weighted by atomic mass is 10.1. The molecule has 30 heavy (non-hydrogen) atoms. The molecule has 3 rings (SSSR count). The summed E-state index contributed by atoms with van der Waals surface area (Å²) in [5, 5.41) is 14.7. The fourth-order valence-corrected chi connectivity index (χ4v) is 2.93. The third-order valence-electron chi connectivity index (χ3n) is 4.47. The summed E-state index contributed by atoms with van der Waals surface area (Å²) in [4.78, 5) is 38.2. The highest BCUT2D eigenvalue weighted by atomic mass is 19.1. The first-order chi connectivity index (χ1) is 14.4. The second kappa shape index (κ2) is 9.19. The SMILES string of the molecule is COC(=O)C1=C(Nc2ccc(C(=O)Nc3ccc(F)cc3)cc2)C(=O)N(CCO)C1. The van der Waals surface area contributed by atoms with E-state index in [9.17, 15) is 18.8 Å². The van der Waals surface area contributed by atoms with E-state index in [0.29, 0.717) is 16.9 Å². The van der Waals surface area contributed by atoms with Crippen LogP contribution < -0.4 is 10.6 Å². The van der Waals surface area contributed by atoms with Gasteiger partial charge in [0.1, 0.15) is 11.5 Å². The molecule has 156 valence electrons. The molecule has 1 aliphatic heterocycles. The topological polar surface area (TPSA) is 108 Å². The van der Waals surface area contributed by atoms with Gasteiger partial charge in [0.2, 0.25) is 0 Å².